The number of benzene rings is 1. The standard InChI is InChI=1S/C10H10O4/c1-2-7-5-3-4-6(11)9(12)8(5)10(13)14-7/h3-4,7,11-12H,2H2,1H3/t7-/m0/s1. The second-order valence-electron chi connectivity index (χ2n) is 3.20. The molecule has 0 unspecified atom stereocenters. The summed E-state index contributed by atoms with van der Waals surface area (Å²) >= 11 is 0. The first kappa shape index (κ1) is 8.87. The first-order chi connectivity index (χ1) is 6.65. The topological polar surface area (TPSA) is 66.8 Å². The SMILES string of the molecule is CC[C@@H]1OC(=O)c2c1ccc(O)c2O. The molecule has 74 valence electrons. The summed E-state index contributed by atoms with van der Waals surface area (Å²) in [4.78, 5) is 11.3. The number of rotatable bonds is 1. The first-order valence-electron chi connectivity index (χ1n) is 4.41. The molecule has 0 aliphatic carbocycles. The Morgan fingerprint density at radius 2 is 2.14 bits per heavy atom. The minimum absolute atomic E-state index is 0.0943. The highest BCUT2D eigenvalue weighted by atomic mass is 16.5. The van der Waals surface area contributed by atoms with Crippen LogP contribution in [0.25, 0.3) is 0 Å². The smallest absolute Gasteiger partial charge is 0.343 e. The Morgan fingerprint density at radius 1 is 1.43 bits per heavy atom. The normalized spacial score (nSPS) is 19.2. The summed E-state index contributed by atoms with van der Waals surface area (Å²) in [6.45, 7) is 1.89. The lowest BCUT2D eigenvalue weighted by molar-refractivity contribution is 0.0377. The Hall–Kier alpha value is -1.71. The third-order valence-electron chi connectivity index (χ3n) is 2.36. The van der Waals surface area contributed by atoms with E-state index in [0.717, 1.165) is 0 Å². The molecular formula is C10H10O4. The second-order valence-corrected chi connectivity index (χ2v) is 3.20. The van der Waals surface area contributed by atoms with Gasteiger partial charge in [-0.25, -0.2) is 4.79 Å². The molecule has 1 heterocycles. The van der Waals surface area contributed by atoms with Crippen LogP contribution in [0.1, 0.15) is 35.4 Å². The third-order valence-corrected chi connectivity index (χ3v) is 2.36. The fourth-order valence-corrected chi connectivity index (χ4v) is 1.63. The predicted octanol–water partition coefficient (Wildman–Crippen LogP) is 1.72. The van der Waals surface area contributed by atoms with Gasteiger partial charge in [0.15, 0.2) is 11.5 Å². The van der Waals surface area contributed by atoms with Crippen molar-refractivity contribution in [1.82, 2.24) is 0 Å². The summed E-state index contributed by atoms with van der Waals surface area (Å²) in [7, 11) is 0. The van der Waals surface area contributed by atoms with E-state index in [1.165, 1.54) is 6.07 Å². The van der Waals surface area contributed by atoms with E-state index in [0.29, 0.717) is 12.0 Å². The lowest BCUT2D eigenvalue weighted by Crippen LogP contribution is -1.96. The van der Waals surface area contributed by atoms with Crippen molar-refractivity contribution in [3.8, 4) is 11.5 Å². The molecule has 2 N–H and O–H groups in total. The van der Waals surface area contributed by atoms with E-state index >= 15 is 0 Å². The molecule has 14 heavy (non-hydrogen) atoms. The van der Waals surface area contributed by atoms with Crippen LogP contribution in [0.4, 0.5) is 0 Å². The summed E-state index contributed by atoms with van der Waals surface area (Å²) < 4.78 is 5.01. The fourth-order valence-electron chi connectivity index (χ4n) is 1.63. The van der Waals surface area contributed by atoms with E-state index in [1.807, 2.05) is 6.92 Å². The Morgan fingerprint density at radius 3 is 2.79 bits per heavy atom. The monoisotopic (exact) mass is 194 g/mol. The van der Waals surface area contributed by atoms with E-state index in [1.54, 1.807) is 6.07 Å². The lowest BCUT2D eigenvalue weighted by atomic mass is 10.0. The average Bonchev–Trinajstić information content (AvgIpc) is 2.49. The van der Waals surface area contributed by atoms with Crippen LogP contribution in [0.2, 0.25) is 0 Å². The molecular weight excluding hydrogens is 184 g/mol. The summed E-state index contributed by atoms with van der Waals surface area (Å²) in [5, 5.41) is 18.7. The average molecular weight is 194 g/mol. The molecule has 0 amide bonds. The minimum Gasteiger partial charge on any atom is -0.504 e. The quantitative estimate of drug-likeness (QED) is 0.527. The fraction of sp³-hybridized carbons (Fsp3) is 0.300. The summed E-state index contributed by atoms with van der Waals surface area (Å²) in [6.07, 6.45) is 0.354. The van der Waals surface area contributed by atoms with Gasteiger partial charge in [-0.2, -0.15) is 0 Å². The lowest BCUT2D eigenvalue weighted by Gasteiger charge is -2.06. The number of carbonyl (C=O) groups excluding carboxylic acids is 1. The molecule has 0 saturated carbocycles. The highest BCUT2D eigenvalue weighted by Gasteiger charge is 2.33. The van der Waals surface area contributed by atoms with E-state index in [9.17, 15) is 15.0 Å². The molecule has 1 aliphatic heterocycles. The number of aromatic hydroxyl groups is 2. The van der Waals surface area contributed by atoms with Crippen LogP contribution in [-0.2, 0) is 4.74 Å². The van der Waals surface area contributed by atoms with Crippen LogP contribution < -0.4 is 0 Å². The molecule has 0 bridgehead atoms. The molecule has 0 aromatic heterocycles. The molecule has 1 aliphatic rings. The number of carbonyl (C=O) groups is 1. The van der Waals surface area contributed by atoms with Gasteiger partial charge in [0, 0.05) is 5.56 Å². The zero-order chi connectivity index (χ0) is 10.3. The third kappa shape index (κ3) is 1.04. The molecule has 0 saturated heterocycles. The zero-order valence-corrected chi connectivity index (χ0v) is 7.65. The largest absolute Gasteiger partial charge is 0.504 e. The summed E-state index contributed by atoms with van der Waals surface area (Å²) in [5.74, 6) is -1.25. The molecule has 4 heteroatoms. The van der Waals surface area contributed by atoms with Crippen LogP contribution in [-0.4, -0.2) is 16.2 Å². The maximum Gasteiger partial charge on any atom is 0.343 e. The number of phenolic OH excluding ortho intramolecular Hbond substituents is 2. The zero-order valence-electron chi connectivity index (χ0n) is 7.65. The van der Waals surface area contributed by atoms with E-state index in [-0.39, 0.29) is 23.2 Å². The van der Waals surface area contributed by atoms with Crippen molar-refractivity contribution in [3.05, 3.63) is 23.3 Å². The maximum absolute atomic E-state index is 11.3. The van der Waals surface area contributed by atoms with Crippen LogP contribution in [0, 0.1) is 0 Å². The van der Waals surface area contributed by atoms with Crippen molar-refractivity contribution in [3.63, 3.8) is 0 Å². The van der Waals surface area contributed by atoms with Crippen LogP contribution >= 0.6 is 0 Å². The van der Waals surface area contributed by atoms with Gasteiger partial charge in [-0.1, -0.05) is 13.0 Å². The van der Waals surface area contributed by atoms with E-state index in [2.05, 4.69) is 0 Å². The Bertz CT molecular complexity index is 397. The number of ether oxygens (including phenoxy) is 1. The Kier molecular flexibility index (Phi) is 1.84. The second kappa shape index (κ2) is 2.90. The van der Waals surface area contributed by atoms with Gasteiger partial charge in [-0.15, -0.1) is 0 Å². The van der Waals surface area contributed by atoms with Gasteiger partial charge in [0.1, 0.15) is 11.7 Å². The van der Waals surface area contributed by atoms with E-state index in [4.69, 9.17) is 4.74 Å². The van der Waals surface area contributed by atoms with Gasteiger partial charge in [0.25, 0.3) is 0 Å². The van der Waals surface area contributed by atoms with Crippen molar-refractivity contribution in [1.29, 1.82) is 0 Å². The maximum atomic E-state index is 11.3. The van der Waals surface area contributed by atoms with Crippen molar-refractivity contribution in [2.75, 3.05) is 0 Å². The first-order valence-corrected chi connectivity index (χ1v) is 4.41. The summed E-state index contributed by atoms with van der Waals surface area (Å²) in [5.41, 5.74) is 0.740. The highest BCUT2D eigenvalue weighted by Crippen LogP contribution is 2.41. The van der Waals surface area contributed by atoms with Gasteiger partial charge in [-0.05, 0) is 12.5 Å². The number of hydrogen-bond acceptors (Lipinski definition) is 4. The molecule has 1 atom stereocenters. The molecule has 4 nitrogen and oxygen atoms in total. The molecule has 0 radical (unpaired) electrons. The van der Waals surface area contributed by atoms with Gasteiger partial charge in [-0.3, -0.25) is 0 Å². The number of fused-ring (bicyclic) bond motifs is 1. The molecule has 1 aromatic rings. The molecule has 0 fully saturated rings. The summed E-state index contributed by atoms with van der Waals surface area (Å²) in [6, 6.07) is 2.96. The van der Waals surface area contributed by atoms with Crippen LogP contribution in [0.3, 0.4) is 0 Å². The van der Waals surface area contributed by atoms with Gasteiger partial charge in [0.2, 0.25) is 0 Å². The van der Waals surface area contributed by atoms with Crippen molar-refractivity contribution >= 4 is 5.97 Å². The van der Waals surface area contributed by atoms with Crippen molar-refractivity contribution in [2.24, 2.45) is 0 Å². The van der Waals surface area contributed by atoms with E-state index < -0.39 is 5.97 Å². The van der Waals surface area contributed by atoms with Gasteiger partial charge >= 0.3 is 5.97 Å². The van der Waals surface area contributed by atoms with Crippen molar-refractivity contribution in [2.45, 2.75) is 19.4 Å². The van der Waals surface area contributed by atoms with Crippen LogP contribution in [0.5, 0.6) is 11.5 Å². The Labute approximate surface area is 80.7 Å². The van der Waals surface area contributed by atoms with Crippen molar-refractivity contribution < 1.29 is 19.7 Å². The number of cyclic esters (lactones) is 1. The molecule has 0 spiro atoms. The minimum atomic E-state index is -0.569. The number of esters is 1. The number of hydrogen-bond donors (Lipinski definition) is 2. The van der Waals surface area contributed by atoms with Gasteiger partial charge < -0.3 is 14.9 Å². The van der Waals surface area contributed by atoms with Gasteiger partial charge in [0.05, 0.1) is 0 Å². The highest BCUT2D eigenvalue weighted by molar-refractivity contribution is 5.97. The number of phenols is 2. The molecule has 1 aromatic carbocycles. The molecule has 2 rings (SSSR count). The Balaban J connectivity index is 2.62. The van der Waals surface area contributed by atoms with Crippen LogP contribution in [0.15, 0.2) is 12.1 Å². The predicted molar refractivity (Wildman–Crippen MR) is 48.2 cm³/mol.